The predicted octanol–water partition coefficient (Wildman–Crippen LogP) is 5.58. The smallest absolute Gasteiger partial charge is 0.170 e. The van der Waals surface area contributed by atoms with Gasteiger partial charge in [-0.05, 0) is 23.3 Å². The Morgan fingerprint density at radius 2 is 1.23 bits per heavy atom. The molecule has 0 aliphatic rings. The zero-order valence-electron chi connectivity index (χ0n) is 12.7. The van der Waals surface area contributed by atoms with Gasteiger partial charge in [0, 0.05) is 5.02 Å². The highest BCUT2D eigenvalue weighted by atomic mass is 35.5. The van der Waals surface area contributed by atoms with E-state index in [-0.39, 0.29) is 11.1 Å². The lowest BCUT2D eigenvalue weighted by molar-refractivity contribution is -0.141. The maximum absolute atomic E-state index is 13.5. The van der Waals surface area contributed by atoms with Gasteiger partial charge in [0.05, 0.1) is 8.07 Å². The standard InChI is InChI=1S/C17H18ClF3Si/c1-22(2,3)15-10-6-13(7-11-15)16(17(19,20)21)12-4-8-14(18)9-5-12/h4-11,16H,1-3H3/t16-/m1/s1. The first-order valence-corrected chi connectivity index (χ1v) is 10.9. The number of halogens is 4. The SMILES string of the molecule is C[Si](C)(C)c1ccc([C@@H](c2ccc(Cl)cc2)C(F)(F)F)cc1. The van der Waals surface area contributed by atoms with Gasteiger partial charge in [0.1, 0.15) is 5.92 Å². The predicted molar refractivity (Wildman–Crippen MR) is 88.8 cm³/mol. The quantitative estimate of drug-likeness (QED) is 0.639. The summed E-state index contributed by atoms with van der Waals surface area (Å²) in [7, 11) is -1.52. The van der Waals surface area contributed by atoms with Crippen LogP contribution in [0.4, 0.5) is 13.2 Å². The molecule has 0 amide bonds. The van der Waals surface area contributed by atoms with Crippen molar-refractivity contribution in [2.24, 2.45) is 0 Å². The van der Waals surface area contributed by atoms with E-state index < -0.39 is 20.2 Å². The van der Waals surface area contributed by atoms with Crippen molar-refractivity contribution in [2.75, 3.05) is 0 Å². The normalized spacial score (nSPS) is 14.0. The van der Waals surface area contributed by atoms with Crippen LogP contribution in [0.25, 0.3) is 0 Å². The first-order chi connectivity index (χ1) is 10.1. The first-order valence-electron chi connectivity index (χ1n) is 7.01. The van der Waals surface area contributed by atoms with Crippen LogP contribution in [0.2, 0.25) is 24.7 Å². The van der Waals surface area contributed by atoms with Crippen LogP contribution >= 0.6 is 11.6 Å². The number of hydrogen-bond donors (Lipinski definition) is 0. The zero-order valence-corrected chi connectivity index (χ0v) is 14.5. The summed E-state index contributed by atoms with van der Waals surface area (Å²) in [6, 6.07) is 12.7. The van der Waals surface area contributed by atoms with E-state index in [4.69, 9.17) is 11.6 Å². The van der Waals surface area contributed by atoms with Crippen LogP contribution in [0.5, 0.6) is 0 Å². The average Bonchev–Trinajstić information content (AvgIpc) is 2.39. The summed E-state index contributed by atoms with van der Waals surface area (Å²) in [6.07, 6.45) is -4.34. The molecule has 0 N–H and O–H groups in total. The summed E-state index contributed by atoms with van der Waals surface area (Å²) in [5.41, 5.74) is 0.467. The molecule has 118 valence electrons. The second-order valence-electron chi connectivity index (χ2n) is 6.40. The van der Waals surface area contributed by atoms with E-state index in [2.05, 4.69) is 19.6 Å². The maximum Gasteiger partial charge on any atom is 0.399 e. The summed E-state index contributed by atoms with van der Waals surface area (Å²) >= 11 is 5.77. The molecule has 0 unspecified atom stereocenters. The van der Waals surface area contributed by atoms with Gasteiger partial charge in [-0.1, -0.05) is 72.8 Å². The van der Waals surface area contributed by atoms with Gasteiger partial charge in [-0.15, -0.1) is 0 Å². The topological polar surface area (TPSA) is 0 Å². The molecule has 0 fully saturated rings. The van der Waals surface area contributed by atoms with Gasteiger partial charge in [0.15, 0.2) is 0 Å². The van der Waals surface area contributed by atoms with Gasteiger partial charge in [0.25, 0.3) is 0 Å². The molecule has 22 heavy (non-hydrogen) atoms. The zero-order chi connectivity index (χ0) is 16.5. The fourth-order valence-corrected chi connectivity index (χ4v) is 3.69. The minimum Gasteiger partial charge on any atom is -0.170 e. The van der Waals surface area contributed by atoms with Gasteiger partial charge in [-0.2, -0.15) is 13.2 Å². The molecule has 0 nitrogen and oxygen atoms in total. The summed E-state index contributed by atoms with van der Waals surface area (Å²) in [5.74, 6) is -1.62. The van der Waals surface area contributed by atoms with E-state index in [1.807, 2.05) is 12.1 Å². The van der Waals surface area contributed by atoms with Crippen molar-refractivity contribution in [3.63, 3.8) is 0 Å². The van der Waals surface area contributed by atoms with Crippen LogP contribution in [0.15, 0.2) is 48.5 Å². The molecule has 0 saturated heterocycles. The Bertz CT molecular complexity index is 625. The Hall–Kier alpha value is -1.26. The maximum atomic E-state index is 13.5. The van der Waals surface area contributed by atoms with Crippen molar-refractivity contribution >= 4 is 24.9 Å². The second-order valence-corrected chi connectivity index (χ2v) is 11.9. The van der Waals surface area contributed by atoms with Gasteiger partial charge in [-0.25, -0.2) is 0 Å². The van der Waals surface area contributed by atoms with Crippen LogP contribution in [-0.2, 0) is 0 Å². The Kier molecular flexibility index (Phi) is 4.73. The molecule has 0 aliphatic heterocycles. The molecule has 5 heteroatoms. The van der Waals surface area contributed by atoms with Crippen molar-refractivity contribution in [2.45, 2.75) is 31.7 Å². The molecular weight excluding hydrogens is 325 g/mol. The highest BCUT2D eigenvalue weighted by molar-refractivity contribution is 6.88. The Balaban J connectivity index is 2.45. The van der Waals surface area contributed by atoms with Crippen LogP contribution in [-0.4, -0.2) is 14.3 Å². The molecule has 0 saturated carbocycles. The van der Waals surface area contributed by atoms with Crippen molar-refractivity contribution in [3.8, 4) is 0 Å². The highest BCUT2D eigenvalue weighted by Gasteiger charge is 2.41. The van der Waals surface area contributed by atoms with E-state index in [1.165, 1.54) is 24.3 Å². The fraction of sp³-hybridized carbons (Fsp3) is 0.294. The third-order valence-corrected chi connectivity index (χ3v) is 5.96. The van der Waals surface area contributed by atoms with Crippen molar-refractivity contribution in [1.82, 2.24) is 0 Å². The molecule has 0 spiro atoms. The van der Waals surface area contributed by atoms with Gasteiger partial charge < -0.3 is 0 Å². The highest BCUT2D eigenvalue weighted by Crippen LogP contribution is 2.40. The van der Waals surface area contributed by atoms with E-state index >= 15 is 0 Å². The summed E-state index contributed by atoms with van der Waals surface area (Å²) in [4.78, 5) is 0. The van der Waals surface area contributed by atoms with Crippen LogP contribution < -0.4 is 5.19 Å². The van der Waals surface area contributed by atoms with Crippen molar-refractivity contribution < 1.29 is 13.2 Å². The molecule has 2 rings (SSSR count). The minimum absolute atomic E-state index is 0.206. The third kappa shape index (κ3) is 3.93. The second kappa shape index (κ2) is 6.09. The summed E-state index contributed by atoms with van der Waals surface area (Å²) in [6.45, 7) is 6.51. The van der Waals surface area contributed by atoms with Crippen molar-refractivity contribution in [1.29, 1.82) is 0 Å². The largest absolute Gasteiger partial charge is 0.399 e. The first kappa shape index (κ1) is 17.1. The number of benzene rings is 2. The lowest BCUT2D eigenvalue weighted by Crippen LogP contribution is -2.37. The molecular formula is C17H18ClF3Si. The summed E-state index contributed by atoms with van der Waals surface area (Å²) in [5, 5.41) is 1.58. The van der Waals surface area contributed by atoms with Crippen LogP contribution in [0, 0.1) is 0 Å². The van der Waals surface area contributed by atoms with E-state index in [0.717, 1.165) is 5.19 Å². The Labute approximate surface area is 134 Å². The molecule has 0 heterocycles. The molecule has 2 aromatic rings. The third-order valence-electron chi connectivity index (χ3n) is 3.64. The lowest BCUT2D eigenvalue weighted by atomic mass is 9.91. The summed E-state index contributed by atoms with van der Waals surface area (Å²) < 4.78 is 40.5. The van der Waals surface area contributed by atoms with Crippen LogP contribution in [0.1, 0.15) is 17.0 Å². The number of hydrogen-bond acceptors (Lipinski definition) is 0. The Morgan fingerprint density at radius 1 is 0.818 bits per heavy atom. The van der Waals surface area contributed by atoms with Gasteiger partial charge in [-0.3, -0.25) is 0 Å². The average molecular weight is 343 g/mol. The van der Waals surface area contributed by atoms with E-state index in [9.17, 15) is 13.2 Å². The molecule has 0 aromatic heterocycles. The molecule has 0 radical (unpaired) electrons. The van der Waals surface area contributed by atoms with Crippen molar-refractivity contribution in [3.05, 3.63) is 64.7 Å². The molecule has 0 aliphatic carbocycles. The van der Waals surface area contributed by atoms with Crippen LogP contribution in [0.3, 0.4) is 0 Å². The van der Waals surface area contributed by atoms with Gasteiger partial charge in [0.2, 0.25) is 0 Å². The lowest BCUT2D eigenvalue weighted by Gasteiger charge is -2.23. The molecule has 2 aromatic carbocycles. The Morgan fingerprint density at radius 3 is 1.59 bits per heavy atom. The fourth-order valence-electron chi connectivity index (χ4n) is 2.40. The van der Waals surface area contributed by atoms with E-state index in [0.29, 0.717) is 5.02 Å². The monoisotopic (exact) mass is 342 g/mol. The minimum atomic E-state index is -4.34. The number of rotatable bonds is 3. The molecule has 0 bridgehead atoms. The number of alkyl halides is 3. The van der Waals surface area contributed by atoms with Gasteiger partial charge >= 0.3 is 6.18 Å². The van der Waals surface area contributed by atoms with E-state index in [1.54, 1.807) is 12.1 Å². The molecule has 1 atom stereocenters.